The summed E-state index contributed by atoms with van der Waals surface area (Å²) in [6.07, 6.45) is 3.37. The van der Waals surface area contributed by atoms with Gasteiger partial charge in [0.2, 0.25) is 0 Å². The van der Waals surface area contributed by atoms with Crippen LogP contribution in [-0.2, 0) is 0 Å². The molecule has 0 aromatic carbocycles. The fourth-order valence-electron chi connectivity index (χ4n) is 3.00. The minimum Gasteiger partial charge on any atom is -0.384 e. The van der Waals surface area contributed by atoms with E-state index in [9.17, 15) is 0 Å². The third-order valence-corrected chi connectivity index (χ3v) is 4.95. The lowest BCUT2D eigenvalue weighted by atomic mass is 10.0. The maximum Gasteiger partial charge on any atom is 0.120 e. The van der Waals surface area contributed by atoms with Gasteiger partial charge in [-0.2, -0.15) is 0 Å². The smallest absolute Gasteiger partial charge is 0.120 e. The van der Waals surface area contributed by atoms with Crippen LogP contribution in [0.15, 0.2) is 23.3 Å². The molecule has 4 nitrogen and oxygen atoms in total. The number of rotatable bonds is 3. The van der Waals surface area contributed by atoms with Crippen molar-refractivity contribution in [2.24, 2.45) is 5.73 Å². The Hall–Kier alpha value is -1.04. The highest BCUT2D eigenvalue weighted by Crippen LogP contribution is 2.33. The highest BCUT2D eigenvalue weighted by molar-refractivity contribution is 7.11. The Morgan fingerprint density at radius 1 is 1.42 bits per heavy atom. The molecule has 2 aliphatic rings. The molecule has 1 aromatic heterocycles. The van der Waals surface area contributed by atoms with Gasteiger partial charge >= 0.3 is 0 Å². The van der Waals surface area contributed by atoms with Gasteiger partial charge in [-0.3, -0.25) is 5.01 Å². The second-order valence-electron chi connectivity index (χ2n) is 5.22. The number of hydrogen-bond acceptors (Lipinski definition) is 5. The third kappa shape index (κ3) is 2.38. The molecule has 0 amide bonds. The largest absolute Gasteiger partial charge is 0.384 e. The van der Waals surface area contributed by atoms with Crippen LogP contribution in [0.1, 0.15) is 31.1 Å². The molecule has 0 aliphatic carbocycles. The molecular weight excluding hydrogens is 256 g/mol. The van der Waals surface area contributed by atoms with Crippen LogP contribution in [0, 0.1) is 0 Å². The van der Waals surface area contributed by atoms with Crippen LogP contribution in [0.3, 0.4) is 0 Å². The van der Waals surface area contributed by atoms with Gasteiger partial charge in [0.15, 0.2) is 0 Å². The van der Waals surface area contributed by atoms with Crippen molar-refractivity contribution < 1.29 is 0 Å². The van der Waals surface area contributed by atoms with E-state index in [0.717, 1.165) is 38.2 Å². The van der Waals surface area contributed by atoms with E-state index >= 15 is 0 Å². The monoisotopic (exact) mass is 278 g/mol. The second kappa shape index (κ2) is 5.53. The maximum absolute atomic E-state index is 6.44. The minimum absolute atomic E-state index is 0.355. The summed E-state index contributed by atoms with van der Waals surface area (Å²) in [5, 5.41) is 7.75. The second-order valence-corrected chi connectivity index (χ2v) is 6.17. The van der Waals surface area contributed by atoms with E-state index in [1.165, 1.54) is 10.5 Å². The van der Waals surface area contributed by atoms with E-state index in [0.29, 0.717) is 12.1 Å². The van der Waals surface area contributed by atoms with Crippen LogP contribution < -0.4 is 16.5 Å². The van der Waals surface area contributed by atoms with Gasteiger partial charge in [0.1, 0.15) is 5.82 Å². The molecule has 1 unspecified atom stereocenters. The molecule has 1 atom stereocenters. The molecule has 104 valence electrons. The first kappa shape index (κ1) is 13.0. The van der Waals surface area contributed by atoms with Crippen molar-refractivity contribution >= 4 is 16.9 Å². The van der Waals surface area contributed by atoms with E-state index < -0.39 is 0 Å². The summed E-state index contributed by atoms with van der Waals surface area (Å²) in [7, 11) is 0. The number of nitrogens with one attached hydrogen (secondary N) is 2. The first-order valence-electron chi connectivity index (χ1n) is 7.11. The Kier molecular flexibility index (Phi) is 3.77. The van der Waals surface area contributed by atoms with Crippen LogP contribution >= 0.6 is 11.3 Å². The zero-order chi connectivity index (χ0) is 13.2. The van der Waals surface area contributed by atoms with E-state index in [4.69, 9.17) is 5.73 Å². The van der Waals surface area contributed by atoms with Crippen LogP contribution in [0.2, 0.25) is 0 Å². The van der Waals surface area contributed by atoms with Crippen molar-refractivity contribution in [2.45, 2.75) is 38.3 Å². The molecule has 4 N–H and O–H groups in total. The molecule has 0 bridgehead atoms. The van der Waals surface area contributed by atoms with Gasteiger partial charge < -0.3 is 11.1 Å². The van der Waals surface area contributed by atoms with Gasteiger partial charge in [-0.25, -0.2) is 5.43 Å². The first-order chi connectivity index (χ1) is 9.31. The molecule has 3 heterocycles. The van der Waals surface area contributed by atoms with Gasteiger partial charge in [-0.1, -0.05) is 13.0 Å². The lowest BCUT2D eigenvalue weighted by Crippen LogP contribution is -2.49. The number of piperidine rings is 1. The predicted molar refractivity (Wildman–Crippen MR) is 80.4 cm³/mol. The lowest BCUT2D eigenvalue weighted by molar-refractivity contribution is 0.148. The zero-order valence-electron chi connectivity index (χ0n) is 11.4. The van der Waals surface area contributed by atoms with Crippen LogP contribution in [-0.4, -0.2) is 30.2 Å². The summed E-state index contributed by atoms with van der Waals surface area (Å²) in [5.41, 5.74) is 11.3. The van der Waals surface area contributed by atoms with Crippen molar-refractivity contribution in [3.8, 4) is 0 Å². The molecule has 0 radical (unpaired) electrons. The van der Waals surface area contributed by atoms with E-state index in [2.05, 4.69) is 40.2 Å². The molecule has 1 aromatic rings. The average molecular weight is 278 g/mol. The number of nitrogens with zero attached hydrogens (tertiary/aromatic N) is 1. The summed E-state index contributed by atoms with van der Waals surface area (Å²) in [6, 6.07) is 5.14. The molecule has 1 fully saturated rings. The lowest BCUT2D eigenvalue weighted by Gasteiger charge is -2.34. The normalized spacial score (nSPS) is 25.3. The maximum atomic E-state index is 6.44. The van der Waals surface area contributed by atoms with Crippen molar-refractivity contribution in [3.05, 3.63) is 28.2 Å². The zero-order valence-corrected chi connectivity index (χ0v) is 12.2. The Morgan fingerprint density at radius 3 is 2.84 bits per heavy atom. The Bertz CT molecular complexity index is 448. The minimum atomic E-state index is 0.355. The predicted octanol–water partition coefficient (Wildman–Crippen LogP) is 1.73. The van der Waals surface area contributed by atoms with Crippen molar-refractivity contribution in [1.29, 1.82) is 0 Å². The molecule has 0 spiro atoms. The number of hydrogen-bond donors (Lipinski definition) is 3. The fourth-order valence-corrected chi connectivity index (χ4v) is 3.84. The molecule has 19 heavy (non-hydrogen) atoms. The first-order valence-corrected chi connectivity index (χ1v) is 7.99. The van der Waals surface area contributed by atoms with Gasteiger partial charge in [0, 0.05) is 16.5 Å². The molecule has 0 saturated carbocycles. The van der Waals surface area contributed by atoms with Crippen LogP contribution in [0.5, 0.6) is 0 Å². The number of hydrazine groups is 1. The summed E-state index contributed by atoms with van der Waals surface area (Å²) >= 11 is 1.77. The van der Waals surface area contributed by atoms with Crippen molar-refractivity contribution in [1.82, 2.24) is 15.8 Å². The van der Waals surface area contributed by atoms with Gasteiger partial charge in [-0.05, 0) is 43.8 Å². The highest BCUT2D eigenvalue weighted by atomic mass is 32.1. The molecule has 3 rings (SSSR count). The third-order valence-electron chi connectivity index (χ3n) is 4.05. The topological polar surface area (TPSA) is 53.3 Å². The molecule has 2 aliphatic heterocycles. The standard InChI is InChI=1S/C14H22N4S/c1-2-11-13(12-4-3-9-19-12)14(15)18(17-11)10-5-7-16-8-6-10/h3-4,9-11,16-17H,2,5-8,15H2,1H3. The summed E-state index contributed by atoms with van der Waals surface area (Å²) in [6.45, 7) is 4.38. The summed E-state index contributed by atoms with van der Waals surface area (Å²) < 4.78 is 0. The van der Waals surface area contributed by atoms with Crippen LogP contribution in [0.4, 0.5) is 0 Å². The SMILES string of the molecule is CCC1NN(C2CCNCC2)C(N)=C1c1cccs1. The fraction of sp³-hybridized carbons (Fsp3) is 0.571. The summed E-state index contributed by atoms with van der Waals surface area (Å²) in [5.74, 6) is 0.932. The Labute approximate surface area is 118 Å². The highest BCUT2D eigenvalue weighted by Gasteiger charge is 2.34. The van der Waals surface area contributed by atoms with Crippen molar-refractivity contribution in [2.75, 3.05) is 13.1 Å². The number of thiophene rings is 1. The van der Waals surface area contributed by atoms with Gasteiger partial charge in [-0.15, -0.1) is 11.3 Å². The van der Waals surface area contributed by atoms with Gasteiger partial charge in [0.25, 0.3) is 0 Å². The van der Waals surface area contributed by atoms with E-state index in [-0.39, 0.29) is 0 Å². The molecular formula is C14H22N4S. The van der Waals surface area contributed by atoms with Gasteiger partial charge in [0.05, 0.1) is 6.04 Å². The average Bonchev–Trinajstić information content (AvgIpc) is 3.06. The van der Waals surface area contributed by atoms with Crippen molar-refractivity contribution in [3.63, 3.8) is 0 Å². The van der Waals surface area contributed by atoms with E-state index in [1.54, 1.807) is 11.3 Å². The Morgan fingerprint density at radius 2 is 2.21 bits per heavy atom. The summed E-state index contributed by atoms with van der Waals surface area (Å²) in [4.78, 5) is 1.30. The molecule has 5 heteroatoms. The molecule has 1 saturated heterocycles. The van der Waals surface area contributed by atoms with E-state index in [1.807, 2.05) is 0 Å². The van der Waals surface area contributed by atoms with Crippen LogP contribution in [0.25, 0.3) is 5.57 Å². The number of nitrogens with two attached hydrogens (primary N) is 1. The quantitative estimate of drug-likeness (QED) is 0.788. The Balaban J connectivity index is 1.88.